The Hall–Kier alpha value is -3.60. The van der Waals surface area contributed by atoms with Crippen LogP contribution in [0.5, 0.6) is 0 Å². The van der Waals surface area contributed by atoms with Gasteiger partial charge in [0.05, 0.1) is 12.5 Å². The molecular weight excluding hydrogens is 514 g/mol. The van der Waals surface area contributed by atoms with Crippen molar-refractivity contribution in [3.05, 3.63) is 0 Å². The van der Waals surface area contributed by atoms with E-state index in [0.717, 1.165) is 0 Å². The summed E-state index contributed by atoms with van der Waals surface area (Å²) in [5.74, 6) is -6.58. The summed E-state index contributed by atoms with van der Waals surface area (Å²) < 4.78 is 0. The molecule has 0 saturated heterocycles. The molecule has 37 heavy (non-hydrogen) atoms. The van der Waals surface area contributed by atoms with Crippen LogP contribution >= 0.6 is 11.8 Å². The Labute approximate surface area is 217 Å². The second-order valence-corrected chi connectivity index (χ2v) is 8.87. The zero-order valence-corrected chi connectivity index (χ0v) is 21.2. The molecule has 0 aliphatic rings. The first-order valence-electron chi connectivity index (χ1n) is 11.2. The summed E-state index contributed by atoms with van der Waals surface area (Å²) in [6.45, 7) is 0.0585. The van der Waals surface area contributed by atoms with Crippen LogP contribution in [0, 0.1) is 0 Å². The van der Waals surface area contributed by atoms with Crippen molar-refractivity contribution in [2.75, 3.05) is 18.6 Å². The van der Waals surface area contributed by atoms with Crippen LogP contribution in [-0.2, 0) is 28.8 Å². The summed E-state index contributed by atoms with van der Waals surface area (Å²) >= 11 is 1.45. The number of guanidine groups is 1. The summed E-state index contributed by atoms with van der Waals surface area (Å²) in [5, 5.41) is 33.9. The van der Waals surface area contributed by atoms with Crippen molar-refractivity contribution in [3.8, 4) is 0 Å². The lowest BCUT2D eigenvalue weighted by Crippen LogP contribution is -2.57. The monoisotopic (exact) mass is 549 g/mol. The minimum Gasteiger partial charge on any atom is -0.481 e. The minimum absolute atomic E-state index is 0.0585. The molecule has 0 radical (unpaired) electrons. The SMILES string of the molecule is CSCCC(N)C(=O)NC(CCC(=O)O)C(=O)NC(CCCN=C(N)N)C(=O)NC(CC(=O)O)C(=O)O. The van der Waals surface area contributed by atoms with Gasteiger partial charge in [0.2, 0.25) is 17.7 Å². The van der Waals surface area contributed by atoms with Gasteiger partial charge in [0.25, 0.3) is 0 Å². The van der Waals surface area contributed by atoms with Crippen molar-refractivity contribution in [1.82, 2.24) is 16.0 Å². The van der Waals surface area contributed by atoms with Crippen LogP contribution < -0.4 is 33.2 Å². The lowest BCUT2D eigenvalue weighted by atomic mass is 10.1. The van der Waals surface area contributed by atoms with Gasteiger partial charge in [-0.1, -0.05) is 0 Å². The summed E-state index contributed by atoms with van der Waals surface area (Å²) in [4.78, 5) is 75.2. The molecule has 0 aromatic carbocycles. The molecule has 0 aliphatic heterocycles. The average Bonchev–Trinajstić information content (AvgIpc) is 2.80. The Morgan fingerprint density at radius 2 is 1.35 bits per heavy atom. The number of nitrogens with zero attached hydrogens (tertiary/aromatic N) is 1. The lowest BCUT2D eigenvalue weighted by molar-refractivity contribution is -0.147. The van der Waals surface area contributed by atoms with Crippen LogP contribution in [0.2, 0.25) is 0 Å². The van der Waals surface area contributed by atoms with E-state index in [0.29, 0.717) is 12.2 Å². The van der Waals surface area contributed by atoms with Crippen molar-refractivity contribution >= 4 is 53.4 Å². The van der Waals surface area contributed by atoms with E-state index in [1.807, 2.05) is 6.26 Å². The predicted octanol–water partition coefficient (Wildman–Crippen LogP) is -3.00. The molecule has 0 heterocycles. The van der Waals surface area contributed by atoms with Gasteiger partial charge in [-0.15, -0.1) is 0 Å². The van der Waals surface area contributed by atoms with Crippen LogP contribution in [0.3, 0.4) is 0 Å². The number of carbonyl (C=O) groups is 6. The zero-order valence-electron chi connectivity index (χ0n) is 20.3. The average molecular weight is 550 g/mol. The van der Waals surface area contributed by atoms with Gasteiger partial charge in [0.15, 0.2) is 5.96 Å². The summed E-state index contributed by atoms with van der Waals surface area (Å²) in [7, 11) is 0. The highest BCUT2D eigenvalue weighted by atomic mass is 32.2. The first kappa shape index (κ1) is 33.4. The van der Waals surface area contributed by atoms with Crippen molar-refractivity contribution < 1.29 is 44.1 Å². The molecule has 4 atom stereocenters. The molecule has 0 saturated carbocycles. The number of carboxylic acid groups (broad SMARTS) is 3. The molecule has 12 N–H and O–H groups in total. The molecule has 3 amide bonds. The molecule has 210 valence electrons. The van der Waals surface area contributed by atoms with Crippen LogP contribution in [0.4, 0.5) is 0 Å². The van der Waals surface area contributed by atoms with E-state index in [1.165, 1.54) is 11.8 Å². The highest BCUT2D eigenvalue weighted by Gasteiger charge is 2.31. The lowest BCUT2D eigenvalue weighted by Gasteiger charge is -2.25. The summed E-state index contributed by atoms with van der Waals surface area (Å²) in [5.41, 5.74) is 16.3. The molecular formula is C20H35N7O9S. The largest absolute Gasteiger partial charge is 0.481 e. The molecule has 4 unspecified atom stereocenters. The number of carbonyl (C=O) groups excluding carboxylic acids is 3. The number of carboxylic acids is 3. The van der Waals surface area contributed by atoms with Crippen LogP contribution in [0.25, 0.3) is 0 Å². The Balaban J connectivity index is 5.68. The molecule has 0 bridgehead atoms. The minimum atomic E-state index is -1.78. The van der Waals surface area contributed by atoms with E-state index < -0.39 is 72.6 Å². The normalized spacial score (nSPS) is 13.8. The van der Waals surface area contributed by atoms with E-state index in [9.17, 15) is 33.9 Å². The summed E-state index contributed by atoms with van der Waals surface area (Å²) in [6.07, 6.45) is 0.453. The Bertz CT molecular complexity index is 852. The number of nitrogens with one attached hydrogen (secondary N) is 3. The molecule has 0 rings (SSSR count). The first-order chi connectivity index (χ1) is 17.3. The van der Waals surface area contributed by atoms with Crippen molar-refractivity contribution in [2.45, 2.75) is 62.7 Å². The third-order valence-electron chi connectivity index (χ3n) is 4.82. The fourth-order valence-corrected chi connectivity index (χ4v) is 3.37. The molecule has 17 heteroatoms. The molecule has 16 nitrogen and oxygen atoms in total. The van der Waals surface area contributed by atoms with E-state index in [2.05, 4.69) is 20.9 Å². The van der Waals surface area contributed by atoms with Crippen LogP contribution in [-0.4, -0.2) is 99.6 Å². The maximum Gasteiger partial charge on any atom is 0.326 e. The van der Waals surface area contributed by atoms with Gasteiger partial charge in [-0.25, -0.2) is 4.79 Å². The fraction of sp³-hybridized carbons (Fsp3) is 0.650. The molecule has 0 aromatic rings. The van der Waals surface area contributed by atoms with E-state index in [4.69, 9.17) is 27.4 Å². The highest BCUT2D eigenvalue weighted by Crippen LogP contribution is 2.06. The number of aliphatic carboxylic acids is 3. The molecule has 0 aliphatic carbocycles. The molecule has 0 fully saturated rings. The summed E-state index contributed by atoms with van der Waals surface area (Å²) in [6, 6.07) is -5.49. The quantitative estimate of drug-likeness (QED) is 0.0441. The number of aliphatic imine (C=N–C) groups is 1. The fourth-order valence-electron chi connectivity index (χ4n) is 2.88. The molecule has 0 aromatic heterocycles. The van der Waals surface area contributed by atoms with Crippen LogP contribution in [0.15, 0.2) is 4.99 Å². The van der Waals surface area contributed by atoms with Gasteiger partial charge in [-0.3, -0.25) is 29.0 Å². The van der Waals surface area contributed by atoms with Crippen molar-refractivity contribution in [2.24, 2.45) is 22.2 Å². The van der Waals surface area contributed by atoms with Gasteiger partial charge >= 0.3 is 17.9 Å². The molecule has 0 spiro atoms. The second-order valence-electron chi connectivity index (χ2n) is 7.89. The van der Waals surface area contributed by atoms with Crippen LogP contribution in [0.1, 0.15) is 38.5 Å². The maximum atomic E-state index is 13.0. The topological polar surface area (TPSA) is 290 Å². The highest BCUT2D eigenvalue weighted by molar-refractivity contribution is 7.98. The van der Waals surface area contributed by atoms with E-state index >= 15 is 0 Å². The van der Waals surface area contributed by atoms with Gasteiger partial charge in [-0.05, 0) is 37.7 Å². The van der Waals surface area contributed by atoms with Gasteiger partial charge in [-0.2, -0.15) is 11.8 Å². The number of hydrogen-bond acceptors (Lipinski definition) is 9. The zero-order chi connectivity index (χ0) is 28.5. The number of amides is 3. The first-order valence-corrected chi connectivity index (χ1v) is 12.5. The predicted molar refractivity (Wildman–Crippen MR) is 133 cm³/mol. The van der Waals surface area contributed by atoms with Crippen molar-refractivity contribution in [1.29, 1.82) is 0 Å². The number of hydrogen-bond donors (Lipinski definition) is 9. The number of thioether (sulfide) groups is 1. The van der Waals surface area contributed by atoms with Crippen molar-refractivity contribution in [3.63, 3.8) is 0 Å². The third kappa shape index (κ3) is 15.2. The number of nitrogens with two attached hydrogens (primary N) is 3. The van der Waals surface area contributed by atoms with Gasteiger partial charge < -0.3 is 48.5 Å². The second kappa shape index (κ2) is 17.8. The van der Waals surface area contributed by atoms with E-state index in [1.54, 1.807) is 0 Å². The van der Waals surface area contributed by atoms with Gasteiger partial charge in [0, 0.05) is 13.0 Å². The van der Waals surface area contributed by atoms with E-state index in [-0.39, 0.29) is 31.8 Å². The Morgan fingerprint density at radius 3 is 1.84 bits per heavy atom. The van der Waals surface area contributed by atoms with Gasteiger partial charge in [0.1, 0.15) is 18.1 Å². The third-order valence-corrected chi connectivity index (χ3v) is 5.47. The maximum absolute atomic E-state index is 13.0. The standard InChI is InChI=1S/C20H35N7O9S/c1-37-8-6-10(21)16(32)25-12(4-5-14(28)29)18(34)26-11(3-2-7-24-20(22)23)17(33)27-13(19(35)36)9-15(30)31/h10-13H,2-9,21H2,1H3,(H,25,32)(H,26,34)(H,27,33)(H,28,29)(H,30,31)(H,35,36)(H4,22,23,24). The smallest absolute Gasteiger partial charge is 0.326 e. The Kier molecular flexibility index (Phi) is 16.0. The Morgan fingerprint density at radius 1 is 0.811 bits per heavy atom. The number of rotatable bonds is 19.